The lowest BCUT2D eigenvalue weighted by Gasteiger charge is -2.66. The molecule has 1 aromatic carbocycles. The molecule has 0 radical (unpaired) electrons. The average molecular weight is 367 g/mol. The van der Waals surface area contributed by atoms with Crippen LogP contribution in [0.25, 0.3) is 0 Å². The summed E-state index contributed by atoms with van der Waals surface area (Å²) in [4.78, 5) is 13.7. The molecule has 6 rings (SSSR count). The minimum Gasteiger partial charge on any atom is -0.353 e. The number of carbonyl (C=O) groups is 1. The third-order valence-electron chi connectivity index (χ3n) is 8.48. The first kappa shape index (κ1) is 17.7. The molecule has 4 saturated carbocycles. The molecule has 4 aliphatic carbocycles. The molecule has 5 aliphatic rings. The van der Waals surface area contributed by atoms with Crippen molar-refractivity contribution in [3.05, 3.63) is 35.9 Å². The van der Waals surface area contributed by atoms with Crippen LogP contribution in [0.5, 0.6) is 0 Å². The minimum absolute atomic E-state index is 0.129. The Hall–Kier alpha value is -1.35. The standard InChI is InChI=1S/C24H34N2O/c1-2-22-12-18-13-23(15-22,19-6-4-3-5-7-19)17-24(14-18,16-22)21(27)26-20-8-10-25-11-9-20/h3-7,18,20,25H,2,8-17H2,1H3,(H,26,27)/t18?,22?,23-,24?/m1/s1. The molecular weight excluding hydrogens is 332 g/mol. The van der Waals surface area contributed by atoms with E-state index in [0.29, 0.717) is 17.4 Å². The highest BCUT2D eigenvalue weighted by atomic mass is 16.2. The van der Waals surface area contributed by atoms with Gasteiger partial charge in [0.2, 0.25) is 5.91 Å². The summed E-state index contributed by atoms with van der Waals surface area (Å²) in [6.07, 6.45) is 10.6. The average Bonchev–Trinajstić information content (AvgIpc) is 2.68. The summed E-state index contributed by atoms with van der Waals surface area (Å²) < 4.78 is 0. The summed E-state index contributed by atoms with van der Waals surface area (Å²) in [5.41, 5.74) is 1.96. The Morgan fingerprint density at radius 3 is 2.59 bits per heavy atom. The predicted octanol–water partition coefficient (Wildman–Crippen LogP) is 4.17. The maximum Gasteiger partial charge on any atom is 0.226 e. The molecule has 1 aromatic rings. The molecule has 1 aliphatic heterocycles. The van der Waals surface area contributed by atoms with Crippen LogP contribution in [0.1, 0.15) is 70.3 Å². The van der Waals surface area contributed by atoms with Gasteiger partial charge in [0.05, 0.1) is 5.41 Å². The van der Waals surface area contributed by atoms with E-state index in [1.165, 1.54) is 31.2 Å². The topological polar surface area (TPSA) is 41.1 Å². The molecule has 146 valence electrons. The molecule has 2 N–H and O–H groups in total. The largest absolute Gasteiger partial charge is 0.353 e. The first-order valence-corrected chi connectivity index (χ1v) is 11.1. The van der Waals surface area contributed by atoms with Crippen LogP contribution in [0.4, 0.5) is 0 Å². The normalized spacial score (nSPS) is 40.9. The molecule has 4 bridgehead atoms. The summed E-state index contributed by atoms with van der Waals surface area (Å²) in [5.74, 6) is 1.11. The van der Waals surface area contributed by atoms with Crippen molar-refractivity contribution in [1.82, 2.24) is 10.6 Å². The zero-order valence-electron chi connectivity index (χ0n) is 16.7. The van der Waals surface area contributed by atoms with Crippen molar-refractivity contribution < 1.29 is 4.79 Å². The Morgan fingerprint density at radius 2 is 1.85 bits per heavy atom. The van der Waals surface area contributed by atoms with Gasteiger partial charge < -0.3 is 10.6 Å². The lowest BCUT2D eigenvalue weighted by Crippen LogP contribution is -2.63. The van der Waals surface area contributed by atoms with Crippen LogP contribution in [-0.2, 0) is 10.2 Å². The number of benzene rings is 1. The molecule has 3 unspecified atom stereocenters. The third-order valence-corrected chi connectivity index (χ3v) is 8.48. The fourth-order valence-corrected chi connectivity index (χ4v) is 7.70. The Balaban J connectivity index is 1.48. The van der Waals surface area contributed by atoms with E-state index in [0.717, 1.165) is 51.1 Å². The van der Waals surface area contributed by atoms with Crippen molar-refractivity contribution in [3.8, 4) is 0 Å². The van der Waals surface area contributed by atoms with Gasteiger partial charge in [-0.1, -0.05) is 43.7 Å². The zero-order valence-corrected chi connectivity index (χ0v) is 16.7. The van der Waals surface area contributed by atoms with Crippen molar-refractivity contribution >= 4 is 5.91 Å². The molecule has 3 heteroatoms. The van der Waals surface area contributed by atoms with Gasteiger partial charge in [0.15, 0.2) is 0 Å². The number of carbonyl (C=O) groups excluding carboxylic acids is 1. The smallest absolute Gasteiger partial charge is 0.226 e. The first-order chi connectivity index (χ1) is 13.1. The fourth-order valence-electron chi connectivity index (χ4n) is 7.70. The zero-order chi connectivity index (χ0) is 18.5. The van der Waals surface area contributed by atoms with Gasteiger partial charge in [-0.25, -0.2) is 0 Å². The maximum atomic E-state index is 13.7. The molecule has 1 saturated heterocycles. The fraction of sp³-hybridized carbons (Fsp3) is 0.708. The second kappa shape index (κ2) is 6.34. The molecule has 1 heterocycles. The van der Waals surface area contributed by atoms with E-state index in [2.05, 4.69) is 47.9 Å². The van der Waals surface area contributed by atoms with Crippen LogP contribution in [0.3, 0.4) is 0 Å². The molecule has 0 aromatic heterocycles. The Kier molecular flexibility index (Phi) is 4.16. The third kappa shape index (κ3) is 2.85. The highest BCUT2D eigenvalue weighted by Gasteiger charge is 2.65. The van der Waals surface area contributed by atoms with Crippen molar-refractivity contribution in [2.75, 3.05) is 13.1 Å². The summed E-state index contributed by atoms with van der Waals surface area (Å²) in [7, 11) is 0. The number of piperidine rings is 1. The molecule has 3 nitrogen and oxygen atoms in total. The summed E-state index contributed by atoms with van der Waals surface area (Å²) >= 11 is 0. The molecule has 4 atom stereocenters. The van der Waals surface area contributed by atoms with Crippen molar-refractivity contribution in [3.63, 3.8) is 0 Å². The van der Waals surface area contributed by atoms with E-state index in [9.17, 15) is 4.79 Å². The van der Waals surface area contributed by atoms with Gasteiger partial charge >= 0.3 is 0 Å². The number of rotatable bonds is 4. The number of hydrogen-bond acceptors (Lipinski definition) is 2. The van der Waals surface area contributed by atoms with Gasteiger partial charge in [-0.3, -0.25) is 4.79 Å². The number of hydrogen-bond donors (Lipinski definition) is 2. The van der Waals surface area contributed by atoms with Crippen LogP contribution in [-0.4, -0.2) is 25.0 Å². The molecule has 0 spiro atoms. The quantitative estimate of drug-likeness (QED) is 0.839. The van der Waals surface area contributed by atoms with Gasteiger partial charge in [0.1, 0.15) is 0 Å². The van der Waals surface area contributed by atoms with E-state index in [1.54, 1.807) is 0 Å². The minimum atomic E-state index is -0.129. The van der Waals surface area contributed by atoms with Gasteiger partial charge in [-0.2, -0.15) is 0 Å². The Bertz CT molecular complexity index is 712. The van der Waals surface area contributed by atoms with Gasteiger partial charge in [0.25, 0.3) is 0 Å². The summed E-state index contributed by atoms with van der Waals surface area (Å²) in [6, 6.07) is 11.5. The highest BCUT2D eigenvalue weighted by Crippen LogP contribution is 2.71. The van der Waals surface area contributed by atoms with E-state index in [-0.39, 0.29) is 10.8 Å². The van der Waals surface area contributed by atoms with Crippen LogP contribution in [0.2, 0.25) is 0 Å². The molecular formula is C24H34N2O. The maximum absolute atomic E-state index is 13.7. The summed E-state index contributed by atoms with van der Waals surface area (Å²) in [6.45, 7) is 4.44. The highest BCUT2D eigenvalue weighted by molar-refractivity contribution is 5.84. The van der Waals surface area contributed by atoms with E-state index in [4.69, 9.17) is 0 Å². The first-order valence-electron chi connectivity index (χ1n) is 11.1. The van der Waals surface area contributed by atoms with E-state index < -0.39 is 0 Å². The van der Waals surface area contributed by atoms with E-state index in [1.807, 2.05) is 0 Å². The lowest BCUT2D eigenvalue weighted by atomic mass is 9.38. The monoisotopic (exact) mass is 366 g/mol. The summed E-state index contributed by atoms with van der Waals surface area (Å²) in [5, 5.41) is 6.92. The Labute approximate surface area is 163 Å². The van der Waals surface area contributed by atoms with Gasteiger partial charge in [0, 0.05) is 6.04 Å². The molecule has 1 amide bonds. The number of nitrogens with one attached hydrogen (secondary N) is 2. The Morgan fingerprint density at radius 1 is 1.07 bits per heavy atom. The number of amides is 1. The van der Waals surface area contributed by atoms with E-state index >= 15 is 0 Å². The van der Waals surface area contributed by atoms with Crippen LogP contribution in [0, 0.1) is 16.7 Å². The predicted molar refractivity (Wildman–Crippen MR) is 109 cm³/mol. The second-order valence-electron chi connectivity index (χ2n) is 10.3. The van der Waals surface area contributed by atoms with Gasteiger partial charge in [-0.05, 0) is 86.8 Å². The van der Waals surface area contributed by atoms with Crippen LogP contribution < -0.4 is 10.6 Å². The molecule has 27 heavy (non-hydrogen) atoms. The SMILES string of the molecule is CCC12CC3CC(C(=O)NC4CCNCC4)(C1)C[C@@](c1ccccc1)(C3)C2. The van der Waals surface area contributed by atoms with Crippen molar-refractivity contribution in [2.45, 2.75) is 76.2 Å². The van der Waals surface area contributed by atoms with Crippen LogP contribution in [0.15, 0.2) is 30.3 Å². The van der Waals surface area contributed by atoms with Crippen molar-refractivity contribution in [2.24, 2.45) is 16.7 Å². The van der Waals surface area contributed by atoms with Crippen molar-refractivity contribution in [1.29, 1.82) is 0 Å². The second-order valence-corrected chi connectivity index (χ2v) is 10.3. The lowest BCUT2D eigenvalue weighted by molar-refractivity contribution is -0.164. The van der Waals surface area contributed by atoms with Gasteiger partial charge in [-0.15, -0.1) is 0 Å². The molecule has 5 fully saturated rings. The van der Waals surface area contributed by atoms with Crippen LogP contribution >= 0.6 is 0 Å².